The number of nitrogens with zero attached hydrogens (tertiary/aromatic N) is 2. The van der Waals surface area contributed by atoms with Crippen molar-refractivity contribution in [2.75, 3.05) is 0 Å². The Morgan fingerprint density at radius 1 is 1.47 bits per heavy atom. The molecule has 0 saturated carbocycles. The topological polar surface area (TPSA) is 34.9 Å². The number of aldehydes is 1. The molecule has 2 aromatic rings. The number of benzene rings is 1. The maximum Gasteiger partial charge on any atom is 0.120 e. The van der Waals surface area contributed by atoms with E-state index in [-0.39, 0.29) is 0 Å². The van der Waals surface area contributed by atoms with Crippen molar-refractivity contribution >= 4 is 17.3 Å². The van der Waals surface area contributed by atoms with Gasteiger partial charge in [-0.25, -0.2) is 4.98 Å². The SMILES string of the molecule is Cc1nc2c(CCC=O)cccc2n1C. The maximum absolute atomic E-state index is 10.4. The predicted octanol–water partition coefficient (Wildman–Crippen LogP) is 2.01. The van der Waals surface area contributed by atoms with Gasteiger partial charge in [0.05, 0.1) is 11.0 Å². The van der Waals surface area contributed by atoms with E-state index in [4.69, 9.17) is 0 Å². The van der Waals surface area contributed by atoms with Crippen LogP contribution in [0.15, 0.2) is 18.2 Å². The number of imidazole rings is 1. The van der Waals surface area contributed by atoms with Gasteiger partial charge in [-0.15, -0.1) is 0 Å². The fourth-order valence-electron chi connectivity index (χ4n) is 1.80. The van der Waals surface area contributed by atoms with Gasteiger partial charge in [0.15, 0.2) is 0 Å². The molecule has 0 saturated heterocycles. The van der Waals surface area contributed by atoms with Crippen molar-refractivity contribution in [1.29, 1.82) is 0 Å². The quantitative estimate of drug-likeness (QED) is 0.714. The van der Waals surface area contributed by atoms with E-state index in [1.165, 1.54) is 0 Å². The molecule has 0 atom stereocenters. The summed E-state index contributed by atoms with van der Waals surface area (Å²) in [6.45, 7) is 1.99. The van der Waals surface area contributed by atoms with Crippen LogP contribution in [-0.4, -0.2) is 15.8 Å². The Hall–Kier alpha value is -1.64. The smallest absolute Gasteiger partial charge is 0.120 e. The zero-order chi connectivity index (χ0) is 10.8. The first-order valence-electron chi connectivity index (χ1n) is 5.08. The molecular formula is C12H14N2O. The molecule has 2 rings (SSSR count). The number of aryl methyl sites for hydroxylation is 3. The average Bonchev–Trinajstić information content (AvgIpc) is 2.53. The molecule has 3 nitrogen and oxygen atoms in total. The third-order valence-electron chi connectivity index (χ3n) is 2.75. The van der Waals surface area contributed by atoms with E-state index >= 15 is 0 Å². The van der Waals surface area contributed by atoms with Gasteiger partial charge >= 0.3 is 0 Å². The molecule has 78 valence electrons. The summed E-state index contributed by atoms with van der Waals surface area (Å²) in [5.41, 5.74) is 3.32. The highest BCUT2D eigenvalue weighted by molar-refractivity contribution is 5.79. The number of carbonyl (C=O) groups is 1. The minimum atomic E-state index is 0.564. The number of hydrogen-bond acceptors (Lipinski definition) is 2. The second kappa shape index (κ2) is 3.85. The second-order valence-electron chi connectivity index (χ2n) is 3.71. The number of carbonyl (C=O) groups excluding carboxylic acids is 1. The molecule has 0 N–H and O–H groups in total. The summed E-state index contributed by atoms with van der Waals surface area (Å²) in [7, 11) is 2.01. The molecule has 3 heteroatoms. The summed E-state index contributed by atoms with van der Waals surface area (Å²) in [4.78, 5) is 14.9. The minimum Gasteiger partial charge on any atom is -0.331 e. The summed E-state index contributed by atoms with van der Waals surface area (Å²) in [6, 6.07) is 6.11. The lowest BCUT2D eigenvalue weighted by Crippen LogP contribution is -1.90. The van der Waals surface area contributed by atoms with Crippen LogP contribution >= 0.6 is 0 Å². The van der Waals surface area contributed by atoms with Gasteiger partial charge in [0.2, 0.25) is 0 Å². The predicted molar refractivity (Wildman–Crippen MR) is 59.8 cm³/mol. The fraction of sp³-hybridized carbons (Fsp3) is 0.333. The van der Waals surface area contributed by atoms with Crippen molar-refractivity contribution < 1.29 is 4.79 Å². The first kappa shape index (κ1) is 9.90. The first-order valence-corrected chi connectivity index (χ1v) is 5.08. The molecule has 0 spiro atoms. The van der Waals surface area contributed by atoms with Crippen LogP contribution in [0.2, 0.25) is 0 Å². The molecule has 0 radical (unpaired) electrons. The molecule has 1 aromatic carbocycles. The zero-order valence-corrected chi connectivity index (χ0v) is 9.03. The maximum atomic E-state index is 10.4. The molecule has 15 heavy (non-hydrogen) atoms. The van der Waals surface area contributed by atoms with Crippen LogP contribution in [0.3, 0.4) is 0 Å². The van der Waals surface area contributed by atoms with Gasteiger partial charge in [0, 0.05) is 13.5 Å². The minimum absolute atomic E-state index is 0.564. The van der Waals surface area contributed by atoms with Gasteiger partial charge in [0.1, 0.15) is 12.1 Å². The normalized spacial score (nSPS) is 10.8. The highest BCUT2D eigenvalue weighted by atomic mass is 16.1. The largest absolute Gasteiger partial charge is 0.331 e. The molecule has 0 fully saturated rings. The zero-order valence-electron chi connectivity index (χ0n) is 9.03. The Labute approximate surface area is 88.7 Å². The Morgan fingerprint density at radius 2 is 2.27 bits per heavy atom. The molecular weight excluding hydrogens is 188 g/mol. The Kier molecular flexibility index (Phi) is 2.54. The number of aromatic nitrogens is 2. The van der Waals surface area contributed by atoms with Gasteiger partial charge < -0.3 is 9.36 Å². The number of rotatable bonds is 3. The monoisotopic (exact) mass is 202 g/mol. The third-order valence-corrected chi connectivity index (χ3v) is 2.75. The van der Waals surface area contributed by atoms with Crippen LogP contribution in [0.25, 0.3) is 11.0 Å². The number of hydrogen-bond donors (Lipinski definition) is 0. The van der Waals surface area contributed by atoms with Gasteiger partial charge in [-0.1, -0.05) is 12.1 Å². The molecule has 1 aromatic heterocycles. The lowest BCUT2D eigenvalue weighted by molar-refractivity contribution is -0.107. The standard InChI is InChI=1S/C12H14N2O/c1-9-13-12-10(6-4-8-15)5-3-7-11(12)14(9)2/h3,5,7-8H,4,6H2,1-2H3. The van der Waals surface area contributed by atoms with E-state index in [0.29, 0.717) is 6.42 Å². The molecule has 0 aliphatic rings. The molecule has 0 amide bonds. The molecule has 1 heterocycles. The average molecular weight is 202 g/mol. The van der Waals surface area contributed by atoms with Gasteiger partial charge in [0.25, 0.3) is 0 Å². The Bertz CT molecular complexity index is 500. The molecule has 0 aliphatic heterocycles. The van der Waals surface area contributed by atoms with Crippen LogP contribution in [-0.2, 0) is 18.3 Å². The lowest BCUT2D eigenvalue weighted by atomic mass is 10.1. The van der Waals surface area contributed by atoms with Crippen LogP contribution in [0.5, 0.6) is 0 Å². The molecule has 0 aliphatic carbocycles. The highest BCUT2D eigenvalue weighted by Gasteiger charge is 2.07. The van der Waals surface area contributed by atoms with E-state index in [1.54, 1.807) is 0 Å². The van der Waals surface area contributed by atoms with E-state index < -0.39 is 0 Å². The van der Waals surface area contributed by atoms with Gasteiger partial charge in [-0.2, -0.15) is 0 Å². The van der Waals surface area contributed by atoms with E-state index in [1.807, 2.05) is 26.1 Å². The third kappa shape index (κ3) is 1.65. The van der Waals surface area contributed by atoms with Crippen molar-refractivity contribution in [2.24, 2.45) is 7.05 Å². The fourth-order valence-corrected chi connectivity index (χ4v) is 1.80. The van der Waals surface area contributed by atoms with Crippen molar-refractivity contribution in [3.8, 4) is 0 Å². The first-order chi connectivity index (χ1) is 7.24. The summed E-state index contributed by atoms with van der Waals surface area (Å²) >= 11 is 0. The lowest BCUT2D eigenvalue weighted by Gasteiger charge is -2.00. The number of para-hydroxylation sites is 1. The highest BCUT2D eigenvalue weighted by Crippen LogP contribution is 2.19. The summed E-state index contributed by atoms with van der Waals surface area (Å²) in [5, 5.41) is 0. The van der Waals surface area contributed by atoms with E-state index in [2.05, 4.69) is 15.6 Å². The van der Waals surface area contributed by atoms with E-state index in [9.17, 15) is 4.79 Å². The molecule has 0 bridgehead atoms. The Morgan fingerprint density at radius 3 is 3.00 bits per heavy atom. The Balaban J connectivity index is 2.55. The number of fused-ring (bicyclic) bond motifs is 1. The summed E-state index contributed by atoms with van der Waals surface area (Å²) in [5.74, 6) is 1.00. The van der Waals surface area contributed by atoms with Crippen LogP contribution in [0.1, 0.15) is 17.8 Å². The van der Waals surface area contributed by atoms with Crippen molar-refractivity contribution in [1.82, 2.24) is 9.55 Å². The van der Waals surface area contributed by atoms with Gasteiger partial charge in [-0.3, -0.25) is 0 Å². The second-order valence-corrected chi connectivity index (χ2v) is 3.71. The van der Waals surface area contributed by atoms with Crippen LogP contribution in [0.4, 0.5) is 0 Å². The molecule has 0 unspecified atom stereocenters. The van der Waals surface area contributed by atoms with Crippen LogP contribution < -0.4 is 0 Å². The van der Waals surface area contributed by atoms with Crippen LogP contribution in [0, 0.1) is 6.92 Å². The summed E-state index contributed by atoms with van der Waals surface area (Å²) in [6.07, 6.45) is 2.29. The van der Waals surface area contributed by atoms with Crippen molar-refractivity contribution in [3.63, 3.8) is 0 Å². The summed E-state index contributed by atoms with van der Waals surface area (Å²) < 4.78 is 2.07. The van der Waals surface area contributed by atoms with E-state index in [0.717, 1.165) is 35.1 Å². The van der Waals surface area contributed by atoms with Crippen molar-refractivity contribution in [2.45, 2.75) is 19.8 Å². The van der Waals surface area contributed by atoms with Gasteiger partial charge in [-0.05, 0) is 25.0 Å². The van der Waals surface area contributed by atoms with Crippen molar-refractivity contribution in [3.05, 3.63) is 29.6 Å².